The van der Waals surface area contributed by atoms with Crippen molar-refractivity contribution >= 4 is 5.91 Å². The Bertz CT molecular complexity index is 1140. The van der Waals surface area contributed by atoms with Gasteiger partial charge >= 0.3 is 0 Å². The van der Waals surface area contributed by atoms with Crippen LogP contribution in [0.1, 0.15) is 79.8 Å². The van der Waals surface area contributed by atoms with E-state index in [-0.39, 0.29) is 42.0 Å². The highest BCUT2D eigenvalue weighted by Crippen LogP contribution is 2.48. The maximum atomic E-state index is 14.6. The summed E-state index contributed by atoms with van der Waals surface area (Å²) >= 11 is 0. The Morgan fingerprint density at radius 1 is 1.08 bits per heavy atom. The molecule has 1 unspecified atom stereocenters. The lowest BCUT2D eigenvalue weighted by Crippen LogP contribution is -2.56. The first-order valence-electron chi connectivity index (χ1n) is 14.3. The lowest BCUT2D eigenvalue weighted by atomic mass is 9.64. The molecular weight excluding hydrogens is 468 g/mol. The molecule has 1 spiro atoms. The number of hydrogen-bond donors (Lipinski definition) is 1. The summed E-state index contributed by atoms with van der Waals surface area (Å²) in [7, 11) is 0. The molecule has 6 rings (SSSR count). The maximum absolute atomic E-state index is 14.6. The van der Waals surface area contributed by atoms with Gasteiger partial charge in [0.25, 0.3) is 0 Å². The van der Waals surface area contributed by atoms with Crippen molar-refractivity contribution in [2.45, 2.75) is 88.0 Å². The van der Waals surface area contributed by atoms with Crippen LogP contribution in [0.4, 0.5) is 8.78 Å². The quantitative estimate of drug-likeness (QED) is 0.619. The Kier molecular flexibility index (Phi) is 6.58. The number of aromatic amines is 1. The Hall–Kier alpha value is -2.34. The molecule has 5 atom stereocenters. The number of H-pyrrole nitrogens is 1. The number of nitrogens with one attached hydrogen (secondary N) is 2. The van der Waals surface area contributed by atoms with E-state index in [9.17, 15) is 13.6 Å². The van der Waals surface area contributed by atoms with Crippen LogP contribution < -0.4 is 10.3 Å². The van der Waals surface area contributed by atoms with Crippen LogP contribution in [0.3, 0.4) is 0 Å². The number of likely N-dealkylation sites (tertiary alicyclic amines) is 1. The number of carbonyl (C=O) groups is 1. The Labute approximate surface area is 219 Å². The molecule has 37 heavy (non-hydrogen) atoms. The van der Waals surface area contributed by atoms with Gasteiger partial charge in [0.15, 0.2) is 11.4 Å². The summed E-state index contributed by atoms with van der Waals surface area (Å²) in [5.74, 6) is -2.41. The number of nitrogens with zero attached hydrogens (tertiary/aromatic N) is 1. The minimum atomic E-state index is -2.62. The number of carbonyl (C=O) groups excluding carboxylic acids is 1. The second kappa shape index (κ2) is 9.76. The zero-order valence-electron chi connectivity index (χ0n) is 21.9. The summed E-state index contributed by atoms with van der Waals surface area (Å²) in [6, 6.07) is 14.7. The van der Waals surface area contributed by atoms with Gasteiger partial charge in [0, 0.05) is 68.9 Å². The smallest absolute Gasteiger partial charge is 0.248 e. The van der Waals surface area contributed by atoms with Crippen LogP contribution in [0.25, 0.3) is 0 Å². The summed E-state index contributed by atoms with van der Waals surface area (Å²) in [4.78, 5) is 20.1. The molecule has 6 heteroatoms. The van der Waals surface area contributed by atoms with Crippen LogP contribution >= 0.6 is 0 Å². The molecule has 4 nitrogen and oxygen atoms in total. The number of fused-ring (bicyclic) bond motifs is 2. The molecule has 2 N–H and O–H groups in total. The van der Waals surface area contributed by atoms with Crippen LogP contribution in [0, 0.1) is 18.8 Å². The Morgan fingerprint density at radius 3 is 2.73 bits per heavy atom. The molecule has 0 radical (unpaired) electrons. The van der Waals surface area contributed by atoms with E-state index >= 15 is 0 Å². The molecule has 2 aliphatic carbocycles. The van der Waals surface area contributed by atoms with Gasteiger partial charge < -0.3 is 10.2 Å². The fraction of sp³-hybridized carbons (Fsp3) is 0.613. The number of rotatable bonds is 3. The molecule has 0 bridgehead atoms. The Balaban J connectivity index is 1.32. The van der Waals surface area contributed by atoms with Gasteiger partial charge in [0.2, 0.25) is 11.8 Å². The highest BCUT2D eigenvalue weighted by Gasteiger charge is 2.54. The first-order valence-corrected chi connectivity index (χ1v) is 14.3. The van der Waals surface area contributed by atoms with Crippen molar-refractivity contribution in [3.63, 3.8) is 0 Å². The third kappa shape index (κ3) is 4.60. The minimum Gasteiger partial charge on any atom is -0.339 e. The molecule has 198 valence electrons. The number of piperidine rings is 1. The largest absolute Gasteiger partial charge is 0.339 e. The summed E-state index contributed by atoms with van der Waals surface area (Å²) in [6.07, 6.45) is 5.98. The van der Waals surface area contributed by atoms with Gasteiger partial charge in [0.1, 0.15) is 0 Å². The summed E-state index contributed by atoms with van der Waals surface area (Å²) < 4.78 is 29.3. The molecule has 2 aromatic rings. The normalized spacial score (nSPS) is 33.3. The molecule has 1 aromatic carbocycles. The number of pyridine rings is 1. The van der Waals surface area contributed by atoms with E-state index < -0.39 is 5.92 Å². The van der Waals surface area contributed by atoms with Crippen molar-refractivity contribution in [1.29, 1.82) is 0 Å². The molecule has 2 aliphatic heterocycles. The molecule has 1 amide bonds. The summed E-state index contributed by atoms with van der Waals surface area (Å²) in [5.41, 5.74) is 4.75. The van der Waals surface area contributed by atoms with Gasteiger partial charge in [-0.2, -0.15) is 0 Å². The van der Waals surface area contributed by atoms with Crippen molar-refractivity contribution in [2.75, 3.05) is 19.6 Å². The van der Waals surface area contributed by atoms with Crippen molar-refractivity contribution in [2.24, 2.45) is 11.8 Å². The predicted octanol–water partition coefficient (Wildman–Crippen LogP) is 5.20. The molecule has 1 saturated carbocycles. The monoisotopic (exact) mass is 508 g/mol. The summed E-state index contributed by atoms with van der Waals surface area (Å²) in [5, 5.41) is 3.57. The van der Waals surface area contributed by atoms with Crippen molar-refractivity contribution < 1.29 is 18.6 Å². The van der Waals surface area contributed by atoms with Gasteiger partial charge in [-0.3, -0.25) is 4.79 Å². The number of alkyl halides is 2. The number of hydrogen-bond acceptors (Lipinski definition) is 2. The van der Waals surface area contributed by atoms with E-state index in [0.717, 1.165) is 50.8 Å². The predicted molar refractivity (Wildman–Crippen MR) is 140 cm³/mol. The zero-order valence-corrected chi connectivity index (χ0v) is 21.9. The van der Waals surface area contributed by atoms with Gasteiger partial charge in [-0.15, -0.1) is 0 Å². The SMILES string of the molecule is Cc1ccc2c([nH+]1)CCC[C@]21CNC[C@H]1C(=O)N1CC[C@@H](c2ccccc2)C[C@H]1C1CCCC(F)(F)C1. The highest BCUT2D eigenvalue weighted by molar-refractivity contribution is 5.82. The van der Waals surface area contributed by atoms with Gasteiger partial charge in [-0.1, -0.05) is 30.3 Å². The van der Waals surface area contributed by atoms with Crippen molar-refractivity contribution in [3.8, 4) is 0 Å². The second-order valence-corrected chi connectivity index (χ2v) is 12.2. The van der Waals surface area contributed by atoms with Crippen LogP contribution in [0.2, 0.25) is 0 Å². The van der Waals surface area contributed by atoms with Crippen molar-refractivity contribution in [3.05, 3.63) is 65.0 Å². The molecule has 3 fully saturated rings. The topological polar surface area (TPSA) is 46.5 Å². The lowest BCUT2D eigenvalue weighted by Gasteiger charge is -2.48. The van der Waals surface area contributed by atoms with Gasteiger partial charge in [-0.25, -0.2) is 13.8 Å². The maximum Gasteiger partial charge on any atom is 0.248 e. The summed E-state index contributed by atoms with van der Waals surface area (Å²) in [6.45, 7) is 4.21. The zero-order chi connectivity index (χ0) is 25.6. The Morgan fingerprint density at radius 2 is 1.92 bits per heavy atom. The molecule has 4 aliphatic rings. The van der Waals surface area contributed by atoms with Gasteiger partial charge in [-0.05, 0) is 62.0 Å². The van der Waals surface area contributed by atoms with Crippen LogP contribution in [0.15, 0.2) is 42.5 Å². The number of halogens is 2. The van der Waals surface area contributed by atoms with E-state index in [0.29, 0.717) is 25.4 Å². The van der Waals surface area contributed by atoms with E-state index in [1.54, 1.807) is 0 Å². The van der Waals surface area contributed by atoms with Crippen LogP contribution in [-0.4, -0.2) is 42.4 Å². The van der Waals surface area contributed by atoms with Crippen LogP contribution in [-0.2, 0) is 16.6 Å². The second-order valence-electron chi connectivity index (χ2n) is 12.2. The van der Waals surface area contributed by atoms with Crippen molar-refractivity contribution in [1.82, 2.24) is 10.2 Å². The number of benzene rings is 1. The van der Waals surface area contributed by atoms with E-state index in [1.807, 2.05) is 6.07 Å². The van der Waals surface area contributed by atoms with Crippen LogP contribution in [0.5, 0.6) is 0 Å². The standard InChI is InChI=1S/C31H39F2N3O/c1-21-11-12-25-27(35-21)10-6-14-30(25)20-34-19-26(30)29(37)36-16-13-23(22-7-3-2-4-8-22)17-28(36)24-9-5-15-31(32,33)18-24/h2-4,7-8,11-12,23-24,26,28,34H,5-6,9-10,13-20H2,1H3/p+1/t23-,24?,26+,28+,30+/m1/s1. The first kappa shape index (κ1) is 25.0. The molecular formula is C31H40F2N3O+. The van der Waals surface area contributed by atoms with E-state index in [1.165, 1.54) is 16.8 Å². The van der Waals surface area contributed by atoms with E-state index in [4.69, 9.17) is 0 Å². The molecule has 1 aromatic heterocycles. The minimum absolute atomic E-state index is 0.0192. The lowest BCUT2D eigenvalue weighted by molar-refractivity contribution is -0.401. The molecule has 2 saturated heterocycles. The molecule has 3 heterocycles. The third-order valence-electron chi connectivity index (χ3n) is 9.93. The number of amides is 1. The highest BCUT2D eigenvalue weighted by atomic mass is 19.3. The fourth-order valence-corrected chi connectivity index (χ4v) is 8.15. The number of aryl methyl sites for hydroxylation is 2. The van der Waals surface area contributed by atoms with Gasteiger partial charge in [0.05, 0.1) is 5.92 Å². The fourth-order valence-electron chi connectivity index (χ4n) is 8.15. The van der Waals surface area contributed by atoms with E-state index in [2.05, 4.69) is 58.5 Å². The average Bonchev–Trinajstić information content (AvgIpc) is 3.31. The average molecular weight is 509 g/mol. The third-order valence-corrected chi connectivity index (χ3v) is 9.93. The first-order chi connectivity index (χ1) is 17.9. The number of aromatic nitrogens is 1.